The van der Waals surface area contributed by atoms with Gasteiger partial charge < -0.3 is 5.32 Å². The smallest absolute Gasteiger partial charge is 0.245 e. The third-order valence-electron chi connectivity index (χ3n) is 5.23. The van der Waals surface area contributed by atoms with Gasteiger partial charge in [0.05, 0.1) is 20.9 Å². The van der Waals surface area contributed by atoms with Crippen LogP contribution in [0.2, 0.25) is 0 Å². The zero-order chi connectivity index (χ0) is 21.0. The monoisotopic (exact) mass is 443 g/mol. The highest BCUT2D eigenvalue weighted by Crippen LogP contribution is 2.27. The SMILES string of the molecule is O=C(CCCc1nc2ccccc2s1)Nc1ccccc1S(=O)(=O)N1CCCCC1. The third kappa shape index (κ3) is 4.71. The third-order valence-corrected chi connectivity index (χ3v) is 8.28. The van der Waals surface area contributed by atoms with Crippen molar-refractivity contribution in [2.24, 2.45) is 0 Å². The Bertz CT molecular complexity index is 1100. The number of amides is 1. The quantitative estimate of drug-likeness (QED) is 0.586. The molecule has 1 aliphatic rings. The number of anilines is 1. The van der Waals surface area contributed by atoms with Gasteiger partial charge in [-0.15, -0.1) is 11.3 Å². The molecule has 1 amide bonds. The van der Waals surface area contributed by atoms with Gasteiger partial charge in [-0.1, -0.05) is 30.7 Å². The van der Waals surface area contributed by atoms with Crippen molar-refractivity contribution in [3.8, 4) is 0 Å². The Labute approximate surface area is 181 Å². The molecule has 8 heteroatoms. The minimum absolute atomic E-state index is 0.173. The van der Waals surface area contributed by atoms with Gasteiger partial charge in [-0.05, 0) is 49.9 Å². The van der Waals surface area contributed by atoms with Gasteiger partial charge in [-0.3, -0.25) is 4.79 Å². The lowest BCUT2D eigenvalue weighted by Crippen LogP contribution is -2.36. The number of carbonyl (C=O) groups is 1. The second-order valence-electron chi connectivity index (χ2n) is 7.44. The van der Waals surface area contributed by atoms with Gasteiger partial charge in [-0.25, -0.2) is 13.4 Å². The topological polar surface area (TPSA) is 79.4 Å². The van der Waals surface area contributed by atoms with Crippen molar-refractivity contribution >= 4 is 43.2 Å². The van der Waals surface area contributed by atoms with Crippen LogP contribution in [-0.2, 0) is 21.2 Å². The molecule has 0 atom stereocenters. The van der Waals surface area contributed by atoms with Crippen molar-refractivity contribution in [3.05, 3.63) is 53.5 Å². The van der Waals surface area contributed by atoms with Crippen LogP contribution >= 0.6 is 11.3 Å². The Morgan fingerprint density at radius 1 is 1.03 bits per heavy atom. The summed E-state index contributed by atoms with van der Waals surface area (Å²) in [6, 6.07) is 14.7. The summed E-state index contributed by atoms with van der Waals surface area (Å²) >= 11 is 1.65. The first kappa shape index (κ1) is 21.0. The largest absolute Gasteiger partial charge is 0.325 e. The van der Waals surface area contributed by atoms with E-state index < -0.39 is 10.0 Å². The van der Waals surface area contributed by atoms with Gasteiger partial charge in [0, 0.05) is 19.5 Å². The van der Waals surface area contributed by atoms with Crippen LogP contribution in [0.4, 0.5) is 5.69 Å². The number of fused-ring (bicyclic) bond motifs is 1. The Morgan fingerprint density at radius 3 is 2.57 bits per heavy atom. The molecule has 0 aliphatic carbocycles. The van der Waals surface area contributed by atoms with Crippen LogP contribution in [0.15, 0.2) is 53.4 Å². The van der Waals surface area contributed by atoms with Crippen LogP contribution in [0, 0.1) is 0 Å². The molecule has 2 aromatic carbocycles. The summed E-state index contributed by atoms with van der Waals surface area (Å²) in [5, 5.41) is 3.82. The highest BCUT2D eigenvalue weighted by atomic mass is 32.2. The zero-order valence-electron chi connectivity index (χ0n) is 16.7. The number of piperidine rings is 1. The molecule has 2 heterocycles. The Balaban J connectivity index is 1.38. The number of nitrogens with zero attached hydrogens (tertiary/aromatic N) is 2. The van der Waals surface area contributed by atoms with Gasteiger partial charge in [0.25, 0.3) is 0 Å². The highest BCUT2D eigenvalue weighted by Gasteiger charge is 2.28. The molecule has 1 saturated heterocycles. The van der Waals surface area contributed by atoms with Gasteiger partial charge in [0.1, 0.15) is 4.90 Å². The number of hydrogen-bond acceptors (Lipinski definition) is 5. The van der Waals surface area contributed by atoms with Gasteiger partial charge in [0.15, 0.2) is 0 Å². The fourth-order valence-electron chi connectivity index (χ4n) is 3.68. The first-order chi connectivity index (χ1) is 14.5. The molecule has 0 bridgehead atoms. The predicted octanol–water partition coefficient (Wildman–Crippen LogP) is 4.43. The van der Waals surface area contributed by atoms with Crippen molar-refractivity contribution < 1.29 is 13.2 Å². The molecule has 3 aromatic rings. The minimum Gasteiger partial charge on any atom is -0.325 e. The molecule has 0 radical (unpaired) electrons. The summed E-state index contributed by atoms with van der Waals surface area (Å²) in [7, 11) is -3.61. The molecule has 1 aromatic heterocycles. The molecule has 0 saturated carbocycles. The van der Waals surface area contributed by atoms with Crippen LogP contribution in [0.3, 0.4) is 0 Å². The van der Waals surface area contributed by atoms with Gasteiger partial charge >= 0.3 is 0 Å². The molecule has 6 nitrogen and oxygen atoms in total. The number of para-hydroxylation sites is 2. The average molecular weight is 444 g/mol. The maximum absolute atomic E-state index is 13.0. The molecule has 30 heavy (non-hydrogen) atoms. The summed E-state index contributed by atoms with van der Waals surface area (Å²) in [6.45, 7) is 1.07. The van der Waals surface area contributed by atoms with E-state index in [9.17, 15) is 13.2 Å². The molecule has 1 fully saturated rings. The Morgan fingerprint density at radius 2 is 1.77 bits per heavy atom. The predicted molar refractivity (Wildman–Crippen MR) is 120 cm³/mol. The van der Waals surface area contributed by atoms with E-state index in [0.29, 0.717) is 31.6 Å². The number of rotatable bonds is 7. The number of aromatic nitrogens is 1. The normalized spacial score (nSPS) is 15.3. The summed E-state index contributed by atoms with van der Waals surface area (Å²) in [6.07, 6.45) is 4.50. The molecule has 0 unspecified atom stereocenters. The minimum atomic E-state index is -3.61. The first-order valence-electron chi connectivity index (χ1n) is 10.3. The number of aryl methyl sites for hydroxylation is 1. The van der Waals surface area contributed by atoms with Gasteiger partial charge in [-0.2, -0.15) is 4.31 Å². The summed E-state index contributed by atoms with van der Waals surface area (Å²) in [5.41, 5.74) is 1.34. The molecule has 4 rings (SSSR count). The number of nitrogens with one attached hydrogen (secondary N) is 1. The lowest BCUT2D eigenvalue weighted by Gasteiger charge is -2.26. The number of sulfonamides is 1. The fourth-order valence-corrected chi connectivity index (χ4v) is 6.35. The molecule has 158 valence electrons. The van der Waals surface area contributed by atoms with Crippen LogP contribution < -0.4 is 5.32 Å². The summed E-state index contributed by atoms with van der Waals surface area (Å²) in [5.74, 6) is -0.183. The first-order valence-corrected chi connectivity index (χ1v) is 12.5. The second-order valence-corrected chi connectivity index (χ2v) is 10.5. The van der Waals surface area contributed by atoms with Gasteiger partial charge in [0.2, 0.25) is 15.9 Å². The Kier molecular flexibility index (Phi) is 6.46. The van der Waals surface area contributed by atoms with Crippen LogP contribution in [-0.4, -0.2) is 36.7 Å². The Hall–Kier alpha value is -2.29. The van der Waals surface area contributed by atoms with E-state index in [-0.39, 0.29) is 10.8 Å². The molecule has 1 aliphatic heterocycles. The number of benzene rings is 2. The number of thiazole rings is 1. The highest BCUT2D eigenvalue weighted by molar-refractivity contribution is 7.89. The number of carbonyl (C=O) groups excluding carboxylic acids is 1. The summed E-state index contributed by atoms with van der Waals surface area (Å²) < 4.78 is 28.8. The molecule has 1 N–H and O–H groups in total. The standard InChI is InChI=1S/C22H25N3O3S2/c26-21(13-8-14-22-24-17-9-2-4-11-19(17)29-22)23-18-10-3-5-12-20(18)30(27,28)25-15-6-1-7-16-25/h2-5,9-12H,1,6-8,13-16H2,(H,23,26). The van der Waals surface area contributed by atoms with E-state index in [0.717, 1.165) is 40.9 Å². The van der Waals surface area contributed by atoms with Crippen LogP contribution in [0.5, 0.6) is 0 Å². The van der Waals surface area contributed by atoms with E-state index in [2.05, 4.69) is 10.3 Å². The van der Waals surface area contributed by atoms with E-state index in [4.69, 9.17) is 0 Å². The number of hydrogen-bond donors (Lipinski definition) is 1. The second kappa shape index (κ2) is 9.24. The van der Waals surface area contributed by atoms with Crippen molar-refractivity contribution in [2.45, 2.75) is 43.4 Å². The van der Waals surface area contributed by atoms with Crippen LogP contribution in [0.25, 0.3) is 10.2 Å². The molecule has 0 spiro atoms. The van der Waals surface area contributed by atoms with E-state index in [1.165, 1.54) is 4.31 Å². The summed E-state index contributed by atoms with van der Waals surface area (Å²) in [4.78, 5) is 17.3. The molecular weight excluding hydrogens is 418 g/mol. The maximum Gasteiger partial charge on any atom is 0.245 e. The fraction of sp³-hybridized carbons (Fsp3) is 0.364. The lowest BCUT2D eigenvalue weighted by atomic mass is 10.2. The van der Waals surface area contributed by atoms with E-state index >= 15 is 0 Å². The molecular formula is C22H25N3O3S2. The zero-order valence-corrected chi connectivity index (χ0v) is 18.3. The van der Waals surface area contributed by atoms with Crippen molar-refractivity contribution in [2.75, 3.05) is 18.4 Å². The van der Waals surface area contributed by atoms with E-state index in [1.807, 2.05) is 24.3 Å². The van der Waals surface area contributed by atoms with Crippen molar-refractivity contribution in [1.29, 1.82) is 0 Å². The van der Waals surface area contributed by atoms with Crippen molar-refractivity contribution in [3.63, 3.8) is 0 Å². The van der Waals surface area contributed by atoms with E-state index in [1.54, 1.807) is 35.6 Å². The maximum atomic E-state index is 13.0. The lowest BCUT2D eigenvalue weighted by molar-refractivity contribution is -0.116. The van der Waals surface area contributed by atoms with Crippen molar-refractivity contribution in [1.82, 2.24) is 9.29 Å². The average Bonchev–Trinajstić information content (AvgIpc) is 3.17. The van der Waals surface area contributed by atoms with Crippen LogP contribution in [0.1, 0.15) is 37.1 Å².